The van der Waals surface area contributed by atoms with Gasteiger partial charge in [0.1, 0.15) is 0 Å². The summed E-state index contributed by atoms with van der Waals surface area (Å²) in [6, 6.07) is 8.39. The summed E-state index contributed by atoms with van der Waals surface area (Å²) in [5, 5.41) is 0. The van der Waals surface area contributed by atoms with Crippen molar-refractivity contribution in [1.29, 1.82) is 0 Å². The molecular weight excluding hydrogens is 402 g/mol. The first kappa shape index (κ1) is 13.6. The molecule has 0 saturated carbocycles. The molecule has 0 radical (unpaired) electrons. The summed E-state index contributed by atoms with van der Waals surface area (Å²) in [5.74, 6) is 1.08. The number of hydrogen-bond acceptors (Lipinski definition) is 2. The molecule has 0 aromatic heterocycles. The van der Waals surface area contributed by atoms with Gasteiger partial charge in [-0.25, -0.2) is 0 Å². The molecule has 0 heterocycles. The Kier molecular flexibility index (Phi) is 7.91. The Morgan fingerprint density at radius 2 is 2.07 bits per heavy atom. The zero-order valence-corrected chi connectivity index (χ0v) is 19.4. The molecule has 4 heteroatoms. The molecule has 0 aliphatic carbocycles. The minimum absolute atomic E-state index is 0.352. The second-order valence-electron chi connectivity index (χ2n) is 3.62. The number of benzene rings is 1. The monoisotopic (exact) mass is 424 g/mol. The number of rotatable bonds is 7. The van der Waals surface area contributed by atoms with Crippen LogP contribution in [-0.4, -0.2) is 44.9 Å². The van der Waals surface area contributed by atoms with Gasteiger partial charge in [0.15, 0.2) is 0 Å². The van der Waals surface area contributed by atoms with E-state index < -0.39 is 22.0 Å². The molecule has 1 aromatic carbocycles. The van der Waals surface area contributed by atoms with Gasteiger partial charge in [0.2, 0.25) is 0 Å². The van der Waals surface area contributed by atoms with Crippen molar-refractivity contribution in [3.05, 3.63) is 29.8 Å². The van der Waals surface area contributed by atoms with Crippen LogP contribution in [-0.2, 0) is 7.83 Å². The number of unbranched alkanes of at least 4 members (excludes halogenated alkanes) is 2. The van der Waals surface area contributed by atoms with Gasteiger partial charge in [-0.3, -0.25) is 0 Å². The molecule has 0 fully saturated rings. The second kappa shape index (κ2) is 8.70. The van der Waals surface area contributed by atoms with Crippen molar-refractivity contribution < 1.29 is 4.49 Å². The van der Waals surface area contributed by atoms with Crippen LogP contribution >= 0.6 is 0 Å². The summed E-state index contributed by atoms with van der Waals surface area (Å²) in [4.78, 5) is 0. The van der Waals surface area contributed by atoms with Crippen LogP contribution < -0.4 is 3.07 Å². The van der Waals surface area contributed by atoms with Gasteiger partial charge in [-0.05, 0) is 0 Å². The molecule has 0 aliphatic heterocycles. The molecule has 1 rings (SSSR count). The van der Waals surface area contributed by atoms with Crippen molar-refractivity contribution in [2.24, 2.45) is 0 Å². The Labute approximate surface area is 117 Å². The van der Waals surface area contributed by atoms with Gasteiger partial charge in [0.25, 0.3) is 0 Å². The van der Waals surface area contributed by atoms with E-state index in [-0.39, 0.29) is 0 Å². The number of aryl methyl sites for hydroxylation is 1. The average molecular weight is 422 g/mol. The molecule has 0 unspecified atom stereocenters. The second-order valence-corrected chi connectivity index (χ2v) is 17.8. The van der Waals surface area contributed by atoms with Crippen LogP contribution in [0.4, 0.5) is 0 Å². The van der Waals surface area contributed by atoms with Crippen molar-refractivity contribution in [3.8, 4) is 5.75 Å². The van der Waals surface area contributed by atoms with Gasteiger partial charge in [0.05, 0.1) is 0 Å². The molecule has 0 spiro atoms. The molecule has 15 heavy (non-hydrogen) atoms. The van der Waals surface area contributed by atoms with E-state index in [9.17, 15) is 0 Å². The topological polar surface area (TPSA) is 18.5 Å². The predicted molar refractivity (Wildman–Crippen MR) is 69.9 cm³/mol. The molecule has 0 aliphatic rings. The zero-order chi connectivity index (χ0) is 10.9. The van der Waals surface area contributed by atoms with E-state index in [4.69, 9.17) is 4.49 Å². The third-order valence-electron chi connectivity index (χ3n) is 2.35. The Balaban J connectivity index is 2.52. The summed E-state index contributed by atoms with van der Waals surface area (Å²) in [6.07, 6.45) is 4.98. The fourth-order valence-electron chi connectivity index (χ4n) is 1.54. The first-order chi connectivity index (χ1) is 7.38. The average Bonchev–Trinajstić information content (AvgIpc) is 2.28. The SMILES string of the molecule is CCCCCc1ccccc1[O][SnH2][O][SnH3]. The fraction of sp³-hybridized carbons (Fsp3) is 0.455. The van der Waals surface area contributed by atoms with Crippen LogP contribution in [0.1, 0.15) is 31.7 Å². The molecular formula is C11H20O2Sn2. The van der Waals surface area contributed by atoms with Crippen LogP contribution in [0.2, 0.25) is 0 Å². The molecule has 2 nitrogen and oxygen atoms in total. The van der Waals surface area contributed by atoms with Gasteiger partial charge in [-0.1, -0.05) is 0 Å². The van der Waals surface area contributed by atoms with Crippen molar-refractivity contribution in [2.75, 3.05) is 0 Å². The van der Waals surface area contributed by atoms with Crippen LogP contribution in [0.5, 0.6) is 5.75 Å². The number of hydrogen-bond donors (Lipinski definition) is 0. The van der Waals surface area contributed by atoms with Crippen LogP contribution in [0.3, 0.4) is 0 Å². The predicted octanol–water partition coefficient (Wildman–Crippen LogP) is 1.09. The Bertz CT molecular complexity index is 279. The van der Waals surface area contributed by atoms with Gasteiger partial charge in [-0.2, -0.15) is 0 Å². The first-order valence-corrected chi connectivity index (χ1v) is 11.2. The van der Waals surface area contributed by atoms with Crippen LogP contribution in [0, 0.1) is 0 Å². The fourth-order valence-corrected chi connectivity index (χ4v) is 5.30. The van der Waals surface area contributed by atoms with Crippen molar-refractivity contribution in [1.82, 2.24) is 0 Å². The van der Waals surface area contributed by atoms with Crippen molar-refractivity contribution >= 4 is 44.9 Å². The minimum atomic E-state index is -1.32. The van der Waals surface area contributed by atoms with Crippen molar-refractivity contribution in [3.63, 3.8) is 0 Å². The summed E-state index contributed by atoms with van der Waals surface area (Å²) >= 11 is -0.970. The number of para-hydroxylation sites is 1. The van der Waals surface area contributed by atoms with E-state index in [1.165, 1.54) is 24.8 Å². The van der Waals surface area contributed by atoms with Gasteiger partial charge in [-0.15, -0.1) is 0 Å². The van der Waals surface area contributed by atoms with E-state index in [1.54, 1.807) is 0 Å². The molecule has 0 atom stereocenters. The Morgan fingerprint density at radius 1 is 1.27 bits per heavy atom. The standard InChI is InChI=1S/C11H16O.O.2Sn.5H/c1-2-3-4-7-10-8-5-6-9-11(10)12;;;;;;;;/h5-6,8-9,12H,2-4,7H2,1H3;;;;;;;;/q;;;+1;;;;;/p-1. The van der Waals surface area contributed by atoms with Gasteiger partial charge >= 0.3 is 118 Å². The summed E-state index contributed by atoms with van der Waals surface area (Å²) in [7, 11) is 0. The summed E-state index contributed by atoms with van der Waals surface area (Å²) in [5.41, 5.74) is 1.36. The molecule has 0 bridgehead atoms. The van der Waals surface area contributed by atoms with Crippen LogP contribution in [0.25, 0.3) is 0 Å². The first-order valence-electron chi connectivity index (χ1n) is 5.58. The van der Waals surface area contributed by atoms with Gasteiger partial charge in [0, 0.05) is 0 Å². The molecule has 84 valence electrons. The Morgan fingerprint density at radius 3 is 2.80 bits per heavy atom. The van der Waals surface area contributed by atoms with E-state index in [0.29, 0.717) is 22.9 Å². The van der Waals surface area contributed by atoms with E-state index in [0.717, 1.165) is 12.2 Å². The Hall–Kier alpha value is 0.577. The molecule has 0 amide bonds. The van der Waals surface area contributed by atoms with Crippen LogP contribution in [0.15, 0.2) is 24.3 Å². The molecule has 1 aromatic rings. The third-order valence-corrected chi connectivity index (χ3v) is 8.76. The van der Waals surface area contributed by atoms with Crippen molar-refractivity contribution in [2.45, 2.75) is 32.6 Å². The normalized spacial score (nSPS) is 11.3. The molecule has 0 saturated heterocycles. The van der Waals surface area contributed by atoms with Gasteiger partial charge < -0.3 is 0 Å². The summed E-state index contributed by atoms with van der Waals surface area (Å²) < 4.78 is 11.1. The molecule has 0 N–H and O–H groups in total. The van der Waals surface area contributed by atoms with E-state index in [2.05, 4.69) is 25.1 Å². The summed E-state index contributed by atoms with van der Waals surface area (Å²) in [6.45, 7) is 2.23. The maximum absolute atomic E-state index is 5.76. The van der Waals surface area contributed by atoms with E-state index >= 15 is 0 Å². The van der Waals surface area contributed by atoms with E-state index in [1.807, 2.05) is 6.07 Å². The maximum atomic E-state index is 5.76. The quantitative estimate of drug-likeness (QED) is 0.485. The third kappa shape index (κ3) is 5.45. The zero-order valence-electron chi connectivity index (χ0n) is 9.66.